The molecule has 1 fully saturated rings. The van der Waals surface area contributed by atoms with Crippen molar-refractivity contribution in [3.8, 4) is 5.75 Å². The van der Waals surface area contributed by atoms with E-state index < -0.39 is 15.9 Å². The lowest BCUT2D eigenvalue weighted by Crippen LogP contribution is -2.35. The Labute approximate surface area is 138 Å². The molecule has 1 N–H and O–H groups in total. The Bertz CT molecular complexity index is 671. The van der Waals surface area contributed by atoms with Crippen LogP contribution in [-0.2, 0) is 21.3 Å². The van der Waals surface area contributed by atoms with Gasteiger partial charge in [0.15, 0.2) is 0 Å². The topological polar surface area (TPSA) is 83.9 Å². The summed E-state index contributed by atoms with van der Waals surface area (Å²) in [4.78, 5) is 13.5. The molecule has 22 heavy (non-hydrogen) atoms. The van der Waals surface area contributed by atoms with Crippen LogP contribution in [0.4, 0.5) is 0 Å². The van der Waals surface area contributed by atoms with Crippen molar-refractivity contribution in [3.05, 3.63) is 29.8 Å². The molecule has 9 heteroatoms. The normalized spacial score (nSPS) is 18.8. The highest BCUT2D eigenvalue weighted by Crippen LogP contribution is 2.30. The van der Waals surface area contributed by atoms with E-state index in [1.165, 1.54) is 16.7 Å². The van der Waals surface area contributed by atoms with Gasteiger partial charge < -0.3 is 4.74 Å². The van der Waals surface area contributed by atoms with Crippen molar-refractivity contribution in [1.82, 2.24) is 4.90 Å². The molecule has 0 radical (unpaired) electrons. The van der Waals surface area contributed by atoms with Gasteiger partial charge in [-0.05, 0) is 24.1 Å². The zero-order valence-corrected chi connectivity index (χ0v) is 14.2. The minimum atomic E-state index is -4.12. The van der Waals surface area contributed by atoms with Crippen LogP contribution < -0.4 is 4.74 Å². The number of methoxy groups -OCH3 is 1. The molecule has 0 bridgehead atoms. The van der Waals surface area contributed by atoms with Gasteiger partial charge in [0.1, 0.15) is 10.1 Å². The molecular formula is C13H15NO5S3. The van der Waals surface area contributed by atoms with E-state index >= 15 is 0 Å². The summed E-state index contributed by atoms with van der Waals surface area (Å²) in [7, 11) is -2.54. The van der Waals surface area contributed by atoms with Gasteiger partial charge in [-0.15, -0.1) is 0 Å². The number of benzene rings is 1. The summed E-state index contributed by atoms with van der Waals surface area (Å²) in [6.45, 7) is -0.122. The number of carbonyl (C=O) groups is 1. The Balaban J connectivity index is 2.01. The number of nitrogens with zero attached hydrogens (tertiary/aromatic N) is 1. The Kier molecular flexibility index (Phi) is 5.43. The largest absolute Gasteiger partial charge is 0.497 e. The quantitative estimate of drug-likeness (QED) is 0.605. The van der Waals surface area contributed by atoms with Crippen LogP contribution in [0.5, 0.6) is 5.75 Å². The molecule has 6 nitrogen and oxygen atoms in total. The van der Waals surface area contributed by atoms with Gasteiger partial charge in [0.05, 0.1) is 18.1 Å². The van der Waals surface area contributed by atoms with Gasteiger partial charge in [0, 0.05) is 6.54 Å². The maximum absolute atomic E-state index is 12.3. The molecular weight excluding hydrogens is 346 g/mol. The standard InChI is InChI=1S/C13H15NO5S3/c1-19-10-4-2-9(3-5-10)8-11-12(15)14(13(20)21-11)6-7-22(16,17)18/h2-5,11H,6-8H2,1H3,(H,16,17,18). The third-order valence-corrected chi connectivity index (χ3v) is 5.44. The minimum absolute atomic E-state index is 0.122. The second-order valence-electron chi connectivity index (χ2n) is 4.70. The molecule has 1 amide bonds. The highest BCUT2D eigenvalue weighted by molar-refractivity contribution is 8.24. The number of thiocarbonyl (C=S) groups is 1. The molecule has 2 rings (SSSR count). The van der Waals surface area contributed by atoms with Crippen LogP contribution >= 0.6 is 24.0 Å². The smallest absolute Gasteiger partial charge is 0.266 e. The van der Waals surface area contributed by atoms with Crippen LogP contribution in [0.25, 0.3) is 0 Å². The minimum Gasteiger partial charge on any atom is -0.497 e. The number of hydrogen-bond donors (Lipinski definition) is 1. The SMILES string of the molecule is COc1ccc(CC2SC(=S)N(CCS(=O)(=O)O)C2=O)cc1. The first-order valence-corrected chi connectivity index (χ1v) is 9.30. The van der Waals surface area contributed by atoms with E-state index in [4.69, 9.17) is 21.5 Å². The molecule has 1 atom stereocenters. The molecule has 1 saturated heterocycles. The van der Waals surface area contributed by atoms with Crippen molar-refractivity contribution in [1.29, 1.82) is 0 Å². The van der Waals surface area contributed by atoms with E-state index in [9.17, 15) is 13.2 Å². The molecule has 0 spiro atoms. The molecule has 1 heterocycles. The van der Waals surface area contributed by atoms with Crippen molar-refractivity contribution in [3.63, 3.8) is 0 Å². The number of carbonyl (C=O) groups excluding carboxylic acids is 1. The van der Waals surface area contributed by atoms with E-state index in [1.54, 1.807) is 7.11 Å². The molecule has 120 valence electrons. The fraction of sp³-hybridized carbons (Fsp3) is 0.385. The summed E-state index contributed by atoms with van der Waals surface area (Å²) in [5, 5.41) is -0.373. The van der Waals surface area contributed by atoms with Crippen molar-refractivity contribution < 1.29 is 22.5 Å². The zero-order valence-electron chi connectivity index (χ0n) is 11.8. The first-order valence-electron chi connectivity index (χ1n) is 6.40. The van der Waals surface area contributed by atoms with Crippen molar-refractivity contribution in [2.75, 3.05) is 19.4 Å². The lowest BCUT2D eigenvalue weighted by atomic mass is 10.1. The lowest BCUT2D eigenvalue weighted by Gasteiger charge is -2.14. The van der Waals surface area contributed by atoms with E-state index in [-0.39, 0.29) is 17.7 Å². The van der Waals surface area contributed by atoms with Gasteiger partial charge in [-0.25, -0.2) is 0 Å². The van der Waals surface area contributed by atoms with E-state index in [0.29, 0.717) is 10.7 Å². The van der Waals surface area contributed by atoms with Crippen LogP contribution in [0, 0.1) is 0 Å². The summed E-state index contributed by atoms with van der Waals surface area (Å²) in [6.07, 6.45) is 0.496. The number of hydrogen-bond acceptors (Lipinski definition) is 6. The molecule has 0 aliphatic carbocycles. The van der Waals surface area contributed by atoms with Crippen LogP contribution in [-0.4, -0.2) is 52.8 Å². The third-order valence-electron chi connectivity index (χ3n) is 3.16. The van der Waals surface area contributed by atoms with E-state index in [2.05, 4.69) is 0 Å². The maximum atomic E-state index is 12.3. The van der Waals surface area contributed by atoms with Crippen molar-refractivity contribution >= 4 is 44.3 Å². The lowest BCUT2D eigenvalue weighted by molar-refractivity contribution is -0.125. The van der Waals surface area contributed by atoms with Crippen LogP contribution in [0.2, 0.25) is 0 Å². The summed E-state index contributed by atoms with van der Waals surface area (Å²) in [5.41, 5.74) is 0.964. The van der Waals surface area contributed by atoms with Gasteiger partial charge in [-0.1, -0.05) is 36.1 Å². The Hall–Kier alpha value is -1.16. The summed E-state index contributed by atoms with van der Waals surface area (Å²) < 4.78 is 35.8. The first-order chi connectivity index (χ1) is 10.3. The Morgan fingerprint density at radius 1 is 1.36 bits per heavy atom. The molecule has 1 aromatic carbocycles. The predicted molar refractivity (Wildman–Crippen MR) is 88.8 cm³/mol. The predicted octanol–water partition coefficient (Wildman–Crippen LogP) is 1.35. The second-order valence-corrected chi connectivity index (χ2v) is 8.11. The average molecular weight is 361 g/mol. The highest BCUT2D eigenvalue weighted by atomic mass is 32.2. The van der Waals surface area contributed by atoms with Crippen LogP contribution in [0.3, 0.4) is 0 Å². The van der Waals surface area contributed by atoms with Gasteiger partial charge in [-0.2, -0.15) is 8.42 Å². The average Bonchev–Trinajstić information content (AvgIpc) is 2.71. The number of amides is 1. The fourth-order valence-corrected chi connectivity index (χ4v) is 4.01. The zero-order chi connectivity index (χ0) is 16.3. The van der Waals surface area contributed by atoms with Gasteiger partial charge in [0.2, 0.25) is 5.91 Å². The van der Waals surface area contributed by atoms with Crippen LogP contribution in [0.1, 0.15) is 5.56 Å². The molecule has 0 aromatic heterocycles. The van der Waals surface area contributed by atoms with E-state index in [0.717, 1.165) is 11.3 Å². The van der Waals surface area contributed by atoms with Gasteiger partial charge >= 0.3 is 0 Å². The van der Waals surface area contributed by atoms with Gasteiger partial charge in [0.25, 0.3) is 10.1 Å². The number of ether oxygens (including phenoxy) is 1. The van der Waals surface area contributed by atoms with Crippen molar-refractivity contribution in [2.45, 2.75) is 11.7 Å². The van der Waals surface area contributed by atoms with Gasteiger partial charge in [-0.3, -0.25) is 14.2 Å². The molecule has 1 unspecified atom stereocenters. The fourth-order valence-electron chi connectivity index (χ4n) is 2.01. The summed E-state index contributed by atoms with van der Waals surface area (Å²) in [6, 6.07) is 7.37. The first kappa shape index (κ1) is 17.2. The third kappa shape index (κ3) is 4.42. The van der Waals surface area contributed by atoms with Crippen molar-refractivity contribution in [2.24, 2.45) is 0 Å². The number of thioether (sulfide) groups is 1. The Morgan fingerprint density at radius 2 is 2.00 bits per heavy atom. The maximum Gasteiger partial charge on any atom is 0.266 e. The Morgan fingerprint density at radius 3 is 2.55 bits per heavy atom. The number of rotatable bonds is 6. The summed E-state index contributed by atoms with van der Waals surface area (Å²) in [5.74, 6) is -0.0109. The molecule has 0 saturated carbocycles. The highest BCUT2D eigenvalue weighted by Gasteiger charge is 2.37. The molecule has 1 aromatic rings. The summed E-state index contributed by atoms with van der Waals surface area (Å²) >= 11 is 6.35. The van der Waals surface area contributed by atoms with E-state index in [1.807, 2.05) is 24.3 Å². The second kappa shape index (κ2) is 6.95. The molecule has 1 aliphatic heterocycles. The monoisotopic (exact) mass is 361 g/mol. The molecule has 1 aliphatic rings. The van der Waals surface area contributed by atoms with Crippen LogP contribution in [0.15, 0.2) is 24.3 Å².